The van der Waals surface area contributed by atoms with E-state index in [1.54, 1.807) is 26.0 Å². The average molecular weight is 349 g/mol. The number of hydrogen-bond acceptors (Lipinski definition) is 3. The third kappa shape index (κ3) is 4.29. The van der Waals surface area contributed by atoms with Crippen LogP contribution in [0.25, 0.3) is 0 Å². The Bertz CT molecular complexity index is 570. The summed E-state index contributed by atoms with van der Waals surface area (Å²) in [5.41, 5.74) is -0.812. The van der Waals surface area contributed by atoms with E-state index in [2.05, 4.69) is 26.0 Å². The van der Waals surface area contributed by atoms with Crippen LogP contribution in [0, 0.1) is 5.41 Å². The zero-order valence-corrected chi connectivity index (χ0v) is 13.4. The van der Waals surface area contributed by atoms with Gasteiger partial charge in [-0.05, 0) is 32.0 Å². The Balaban J connectivity index is 2.85. The number of carbonyl (C=O) groups is 1. The quantitative estimate of drug-likeness (QED) is 0.846. The molecule has 1 aromatic rings. The minimum atomic E-state index is -3.62. The molecule has 1 rings (SSSR count). The molecule has 0 aliphatic rings. The zero-order valence-electron chi connectivity index (χ0n) is 11.0. The number of carbonyl (C=O) groups excluding carboxylic acids is 1. The van der Waals surface area contributed by atoms with Crippen molar-refractivity contribution in [1.82, 2.24) is 10.0 Å². The van der Waals surface area contributed by atoms with E-state index >= 15 is 0 Å². The number of benzene rings is 1. The molecule has 106 valence electrons. The first-order chi connectivity index (χ1) is 8.69. The number of hydrogen-bond donors (Lipinski definition) is 2. The molecule has 0 spiro atoms. The topological polar surface area (TPSA) is 75.3 Å². The second-order valence-corrected chi connectivity index (χ2v) is 7.43. The lowest BCUT2D eigenvalue weighted by Gasteiger charge is -2.22. The summed E-state index contributed by atoms with van der Waals surface area (Å²) in [6.07, 6.45) is 0. The van der Waals surface area contributed by atoms with Crippen molar-refractivity contribution in [3.05, 3.63) is 28.7 Å². The van der Waals surface area contributed by atoms with Gasteiger partial charge in [0, 0.05) is 18.1 Å². The maximum atomic E-state index is 12.1. The van der Waals surface area contributed by atoms with Crippen LogP contribution >= 0.6 is 15.9 Å². The van der Waals surface area contributed by atoms with E-state index in [9.17, 15) is 13.2 Å². The number of sulfonamides is 1. The predicted molar refractivity (Wildman–Crippen MR) is 77.2 cm³/mol. The lowest BCUT2D eigenvalue weighted by Crippen LogP contribution is -2.43. The largest absolute Gasteiger partial charge is 0.359 e. The van der Waals surface area contributed by atoms with Crippen LogP contribution in [0.4, 0.5) is 0 Å². The van der Waals surface area contributed by atoms with E-state index in [0.29, 0.717) is 4.47 Å². The summed E-state index contributed by atoms with van der Waals surface area (Å²) in [4.78, 5) is 11.7. The van der Waals surface area contributed by atoms with Gasteiger partial charge in [0.1, 0.15) is 0 Å². The highest BCUT2D eigenvalue weighted by Gasteiger charge is 2.28. The van der Waals surface area contributed by atoms with Gasteiger partial charge < -0.3 is 5.32 Å². The van der Waals surface area contributed by atoms with E-state index in [4.69, 9.17) is 0 Å². The van der Waals surface area contributed by atoms with Gasteiger partial charge in [-0.3, -0.25) is 4.79 Å². The van der Waals surface area contributed by atoms with Gasteiger partial charge in [0.2, 0.25) is 15.9 Å². The Labute approximate surface area is 122 Å². The van der Waals surface area contributed by atoms with E-state index in [0.717, 1.165) is 0 Å². The highest BCUT2D eigenvalue weighted by Crippen LogP contribution is 2.18. The Kier molecular flexibility index (Phi) is 5.11. The van der Waals surface area contributed by atoms with Crippen molar-refractivity contribution in [2.75, 3.05) is 13.6 Å². The van der Waals surface area contributed by atoms with Crippen molar-refractivity contribution in [3.63, 3.8) is 0 Å². The smallest absolute Gasteiger partial charge is 0.240 e. The van der Waals surface area contributed by atoms with Crippen LogP contribution in [0.5, 0.6) is 0 Å². The van der Waals surface area contributed by atoms with Crippen LogP contribution < -0.4 is 10.0 Å². The highest BCUT2D eigenvalue weighted by atomic mass is 79.9. The summed E-state index contributed by atoms with van der Waals surface area (Å²) in [6.45, 7) is 3.38. The van der Waals surface area contributed by atoms with Crippen LogP contribution in [-0.2, 0) is 14.8 Å². The number of halogens is 1. The SMILES string of the molecule is CNC(=O)C(C)(C)CNS(=O)(=O)c1cccc(Br)c1. The summed E-state index contributed by atoms with van der Waals surface area (Å²) in [5, 5.41) is 2.51. The monoisotopic (exact) mass is 348 g/mol. The molecule has 0 bridgehead atoms. The molecule has 0 heterocycles. The van der Waals surface area contributed by atoms with E-state index in [-0.39, 0.29) is 17.3 Å². The molecule has 0 aliphatic heterocycles. The van der Waals surface area contributed by atoms with E-state index < -0.39 is 15.4 Å². The maximum Gasteiger partial charge on any atom is 0.240 e. The molecule has 19 heavy (non-hydrogen) atoms. The molecule has 0 saturated carbocycles. The Morgan fingerprint density at radius 2 is 2.00 bits per heavy atom. The van der Waals surface area contributed by atoms with Gasteiger partial charge >= 0.3 is 0 Å². The predicted octanol–water partition coefficient (Wildman–Crippen LogP) is 1.50. The van der Waals surface area contributed by atoms with Crippen LogP contribution in [0.1, 0.15) is 13.8 Å². The summed E-state index contributed by atoms with van der Waals surface area (Å²) >= 11 is 3.22. The van der Waals surface area contributed by atoms with Crippen LogP contribution in [0.2, 0.25) is 0 Å². The standard InChI is InChI=1S/C12H17BrN2O3S/c1-12(2,11(16)14-3)8-15-19(17,18)10-6-4-5-9(13)7-10/h4-7,15H,8H2,1-3H3,(H,14,16). The summed E-state index contributed by atoms with van der Waals surface area (Å²) in [5.74, 6) is -0.218. The van der Waals surface area contributed by atoms with Crippen molar-refractivity contribution in [1.29, 1.82) is 0 Å². The molecule has 7 heteroatoms. The Hall–Kier alpha value is -0.920. The summed E-state index contributed by atoms with van der Waals surface area (Å²) < 4.78 is 27.3. The van der Waals surface area contributed by atoms with Gasteiger partial charge in [-0.15, -0.1) is 0 Å². The molecule has 0 atom stereocenters. The molecule has 0 saturated heterocycles. The van der Waals surface area contributed by atoms with Crippen molar-refractivity contribution in [2.24, 2.45) is 5.41 Å². The molecular formula is C12H17BrN2O3S. The lowest BCUT2D eigenvalue weighted by atomic mass is 9.93. The lowest BCUT2D eigenvalue weighted by molar-refractivity contribution is -0.128. The van der Waals surface area contributed by atoms with Gasteiger partial charge in [-0.2, -0.15) is 0 Å². The molecule has 0 aromatic heterocycles. The van der Waals surface area contributed by atoms with Gasteiger partial charge in [0.15, 0.2) is 0 Å². The second-order valence-electron chi connectivity index (χ2n) is 4.74. The van der Waals surface area contributed by atoms with Crippen LogP contribution in [-0.4, -0.2) is 27.9 Å². The van der Waals surface area contributed by atoms with Crippen molar-refractivity contribution in [3.8, 4) is 0 Å². The average Bonchev–Trinajstić information content (AvgIpc) is 2.35. The van der Waals surface area contributed by atoms with Crippen molar-refractivity contribution < 1.29 is 13.2 Å². The third-order valence-corrected chi connectivity index (χ3v) is 4.54. The maximum absolute atomic E-state index is 12.1. The van der Waals surface area contributed by atoms with E-state index in [1.165, 1.54) is 19.2 Å². The molecule has 2 N–H and O–H groups in total. The van der Waals surface area contributed by atoms with Gasteiger partial charge in [0.25, 0.3) is 0 Å². The van der Waals surface area contributed by atoms with Gasteiger partial charge in [-0.25, -0.2) is 13.1 Å². The fraction of sp³-hybridized carbons (Fsp3) is 0.417. The van der Waals surface area contributed by atoms with Crippen molar-refractivity contribution >= 4 is 31.9 Å². The number of rotatable bonds is 5. The normalized spacial score (nSPS) is 12.2. The molecule has 5 nitrogen and oxygen atoms in total. The molecule has 0 fully saturated rings. The highest BCUT2D eigenvalue weighted by molar-refractivity contribution is 9.10. The molecule has 1 aromatic carbocycles. The van der Waals surface area contributed by atoms with Crippen molar-refractivity contribution in [2.45, 2.75) is 18.7 Å². The second kappa shape index (κ2) is 6.02. The molecule has 0 aliphatic carbocycles. The molecule has 1 amide bonds. The summed E-state index contributed by atoms with van der Waals surface area (Å²) in [7, 11) is -2.10. The van der Waals surface area contributed by atoms with Gasteiger partial charge in [0.05, 0.1) is 10.3 Å². The fourth-order valence-electron chi connectivity index (χ4n) is 1.41. The molecular weight excluding hydrogens is 332 g/mol. The first-order valence-corrected chi connectivity index (χ1v) is 7.94. The molecule has 0 unspecified atom stereocenters. The fourth-order valence-corrected chi connectivity index (χ4v) is 3.22. The van der Waals surface area contributed by atoms with Crippen LogP contribution in [0.15, 0.2) is 33.6 Å². The summed E-state index contributed by atoms with van der Waals surface area (Å²) in [6, 6.07) is 6.39. The first kappa shape index (κ1) is 16.1. The third-order valence-electron chi connectivity index (χ3n) is 2.65. The minimum absolute atomic E-state index is 0.0293. The van der Waals surface area contributed by atoms with E-state index in [1.807, 2.05) is 0 Å². The van der Waals surface area contributed by atoms with Crippen LogP contribution in [0.3, 0.4) is 0 Å². The van der Waals surface area contributed by atoms with Gasteiger partial charge in [-0.1, -0.05) is 22.0 Å². The number of amides is 1. The zero-order chi connectivity index (χ0) is 14.7. The Morgan fingerprint density at radius 1 is 1.37 bits per heavy atom. The minimum Gasteiger partial charge on any atom is -0.359 e. The molecule has 0 radical (unpaired) electrons. The first-order valence-electron chi connectivity index (χ1n) is 5.66. The Morgan fingerprint density at radius 3 is 2.53 bits per heavy atom. The number of nitrogens with one attached hydrogen (secondary N) is 2.